The van der Waals surface area contributed by atoms with Gasteiger partial charge in [0.2, 0.25) is 5.88 Å². The predicted octanol–water partition coefficient (Wildman–Crippen LogP) is 3.93. The summed E-state index contributed by atoms with van der Waals surface area (Å²) in [6.45, 7) is 5.04. The Hall–Kier alpha value is -2.96. The molecule has 1 N–H and O–H groups in total. The highest BCUT2D eigenvalue weighted by Crippen LogP contribution is 2.38. The van der Waals surface area contributed by atoms with E-state index in [1.54, 1.807) is 20.4 Å². The fourth-order valence-corrected chi connectivity index (χ4v) is 3.53. The van der Waals surface area contributed by atoms with E-state index in [0.29, 0.717) is 19.0 Å². The second-order valence-electron chi connectivity index (χ2n) is 7.29. The summed E-state index contributed by atoms with van der Waals surface area (Å²) in [7, 11) is 3.26. The maximum atomic E-state index is 12.8. The molecule has 29 heavy (non-hydrogen) atoms. The summed E-state index contributed by atoms with van der Waals surface area (Å²) < 4.78 is 16.4. The number of hydrogen-bond acceptors (Lipinski definition) is 5. The summed E-state index contributed by atoms with van der Waals surface area (Å²) >= 11 is 0. The van der Waals surface area contributed by atoms with E-state index in [2.05, 4.69) is 10.3 Å². The van der Waals surface area contributed by atoms with Gasteiger partial charge in [0.25, 0.3) is 0 Å². The number of aromatic nitrogens is 1. The molecule has 156 valence electrons. The highest BCUT2D eigenvalue weighted by molar-refractivity contribution is 5.75. The molecule has 0 radical (unpaired) electrons. The number of amides is 2. The molecule has 0 spiro atoms. The van der Waals surface area contributed by atoms with Gasteiger partial charge < -0.3 is 24.4 Å². The first-order valence-electron chi connectivity index (χ1n) is 9.89. The number of benzene rings is 1. The van der Waals surface area contributed by atoms with E-state index in [1.807, 2.05) is 49.1 Å². The van der Waals surface area contributed by atoms with Gasteiger partial charge in [0.15, 0.2) is 0 Å². The van der Waals surface area contributed by atoms with Crippen LogP contribution in [-0.4, -0.2) is 42.8 Å². The summed E-state index contributed by atoms with van der Waals surface area (Å²) in [5.41, 5.74) is 1.92. The average Bonchev–Trinajstić information content (AvgIpc) is 3.21. The van der Waals surface area contributed by atoms with E-state index in [4.69, 9.17) is 14.2 Å². The van der Waals surface area contributed by atoms with Crippen LogP contribution < -0.4 is 19.5 Å². The topological polar surface area (TPSA) is 72.9 Å². The van der Waals surface area contributed by atoms with Crippen molar-refractivity contribution in [1.29, 1.82) is 0 Å². The molecule has 2 amide bonds. The molecule has 0 bridgehead atoms. The van der Waals surface area contributed by atoms with Gasteiger partial charge in [-0.05, 0) is 44.4 Å². The van der Waals surface area contributed by atoms with Gasteiger partial charge in [-0.2, -0.15) is 0 Å². The molecule has 7 nitrogen and oxygen atoms in total. The zero-order chi connectivity index (χ0) is 20.8. The molecule has 2 aromatic rings. The Balaban J connectivity index is 1.64. The number of urea groups is 1. The molecule has 1 fully saturated rings. The SMILES string of the molecule is COc1ccc(C2CCCN2C(=O)NCc2ccc(OC(C)C)nc2)c(OC)c1. The number of ether oxygens (including phenoxy) is 3. The molecule has 1 unspecified atom stereocenters. The van der Waals surface area contributed by atoms with Crippen molar-refractivity contribution in [2.75, 3.05) is 20.8 Å². The molecule has 1 aliphatic heterocycles. The molecule has 1 aromatic carbocycles. The van der Waals surface area contributed by atoms with Crippen LogP contribution >= 0.6 is 0 Å². The summed E-state index contributed by atoms with van der Waals surface area (Å²) in [5, 5.41) is 3.00. The second-order valence-corrected chi connectivity index (χ2v) is 7.29. The lowest BCUT2D eigenvalue weighted by Gasteiger charge is -2.26. The summed E-state index contributed by atoms with van der Waals surface area (Å²) in [6, 6.07) is 9.37. The lowest BCUT2D eigenvalue weighted by atomic mass is 10.0. The molecule has 0 saturated carbocycles. The normalized spacial score (nSPS) is 16.0. The average molecular weight is 399 g/mol. The van der Waals surface area contributed by atoms with Crippen LogP contribution in [-0.2, 0) is 6.54 Å². The van der Waals surface area contributed by atoms with Gasteiger partial charge in [0.1, 0.15) is 11.5 Å². The van der Waals surface area contributed by atoms with Crippen molar-refractivity contribution in [3.63, 3.8) is 0 Å². The van der Waals surface area contributed by atoms with Crippen molar-refractivity contribution in [2.45, 2.75) is 45.4 Å². The van der Waals surface area contributed by atoms with Crippen LogP contribution in [0.4, 0.5) is 4.79 Å². The number of carbonyl (C=O) groups excluding carboxylic acids is 1. The monoisotopic (exact) mass is 399 g/mol. The number of nitrogens with zero attached hydrogens (tertiary/aromatic N) is 2. The van der Waals surface area contributed by atoms with Gasteiger partial charge in [-0.3, -0.25) is 0 Å². The van der Waals surface area contributed by atoms with Crippen molar-refractivity contribution in [1.82, 2.24) is 15.2 Å². The Labute approximate surface area is 172 Å². The quantitative estimate of drug-likeness (QED) is 0.764. The van der Waals surface area contributed by atoms with Crippen molar-refractivity contribution >= 4 is 6.03 Å². The summed E-state index contributed by atoms with van der Waals surface area (Å²) in [6.07, 6.45) is 3.66. The highest BCUT2D eigenvalue weighted by Gasteiger charge is 2.32. The molecule has 7 heteroatoms. The van der Waals surface area contributed by atoms with E-state index in [0.717, 1.165) is 35.5 Å². The van der Waals surface area contributed by atoms with Crippen molar-refractivity contribution in [2.24, 2.45) is 0 Å². The standard InChI is InChI=1S/C22H29N3O4/c1-15(2)29-21-10-7-16(13-23-21)14-24-22(26)25-11-5-6-19(25)18-9-8-17(27-3)12-20(18)28-4/h7-10,12-13,15,19H,5-6,11,14H2,1-4H3,(H,24,26). The largest absolute Gasteiger partial charge is 0.497 e. The van der Waals surface area contributed by atoms with Gasteiger partial charge in [-0.25, -0.2) is 9.78 Å². The fraction of sp³-hybridized carbons (Fsp3) is 0.455. The minimum atomic E-state index is -0.0899. The van der Waals surface area contributed by atoms with Crippen molar-refractivity contribution in [3.8, 4) is 17.4 Å². The van der Waals surface area contributed by atoms with E-state index < -0.39 is 0 Å². The first-order valence-corrected chi connectivity index (χ1v) is 9.89. The molecule has 3 rings (SSSR count). The first kappa shape index (κ1) is 20.8. The maximum absolute atomic E-state index is 12.8. The fourth-order valence-electron chi connectivity index (χ4n) is 3.53. The third-order valence-corrected chi connectivity index (χ3v) is 4.91. The van der Waals surface area contributed by atoms with Gasteiger partial charge in [0.05, 0.1) is 26.4 Å². The summed E-state index contributed by atoms with van der Waals surface area (Å²) in [4.78, 5) is 19.0. The molecule has 1 aliphatic rings. The Kier molecular flexibility index (Phi) is 6.80. The number of pyridine rings is 1. The molecular weight excluding hydrogens is 370 g/mol. The number of carbonyl (C=O) groups is 1. The molecule has 0 aliphatic carbocycles. The third-order valence-electron chi connectivity index (χ3n) is 4.91. The number of hydrogen-bond donors (Lipinski definition) is 1. The zero-order valence-electron chi connectivity index (χ0n) is 17.5. The van der Waals surface area contributed by atoms with Crippen LogP contribution in [0, 0.1) is 0 Å². The number of likely N-dealkylation sites (tertiary alicyclic amines) is 1. The molecule has 1 aromatic heterocycles. The van der Waals surface area contributed by atoms with Crippen LogP contribution in [0.3, 0.4) is 0 Å². The number of rotatable bonds is 7. The van der Waals surface area contributed by atoms with Crippen LogP contribution in [0.15, 0.2) is 36.5 Å². The van der Waals surface area contributed by atoms with E-state index >= 15 is 0 Å². The minimum Gasteiger partial charge on any atom is -0.497 e. The van der Waals surface area contributed by atoms with Crippen molar-refractivity contribution < 1.29 is 19.0 Å². The smallest absolute Gasteiger partial charge is 0.318 e. The van der Waals surface area contributed by atoms with Gasteiger partial charge >= 0.3 is 6.03 Å². The van der Waals surface area contributed by atoms with E-state index in [1.165, 1.54) is 0 Å². The number of methoxy groups -OCH3 is 2. The summed E-state index contributed by atoms with van der Waals surface area (Å²) in [5.74, 6) is 2.05. The Morgan fingerprint density at radius 3 is 2.72 bits per heavy atom. The van der Waals surface area contributed by atoms with E-state index in [9.17, 15) is 4.79 Å². The number of nitrogens with one attached hydrogen (secondary N) is 1. The Morgan fingerprint density at radius 1 is 1.24 bits per heavy atom. The van der Waals surface area contributed by atoms with Crippen LogP contribution in [0.25, 0.3) is 0 Å². The van der Waals surface area contributed by atoms with Gasteiger partial charge in [-0.1, -0.05) is 6.07 Å². The second kappa shape index (κ2) is 9.49. The first-order chi connectivity index (χ1) is 14.0. The Bertz CT molecular complexity index is 823. The molecular formula is C22H29N3O4. The van der Waals surface area contributed by atoms with Crippen molar-refractivity contribution in [3.05, 3.63) is 47.7 Å². The zero-order valence-corrected chi connectivity index (χ0v) is 17.5. The highest BCUT2D eigenvalue weighted by atomic mass is 16.5. The van der Waals surface area contributed by atoms with Gasteiger partial charge in [0, 0.05) is 37.0 Å². The Morgan fingerprint density at radius 2 is 2.07 bits per heavy atom. The molecule has 1 saturated heterocycles. The third kappa shape index (κ3) is 5.10. The molecule has 1 atom stereocenters. The van der Waals surface area contributed by atoms with Crippen LogP contribution in [0.1, 0.15) is 43.9 Å². The predicted molar refractivity (Wildman–Crippen MR) is 110 cm³/mol. The van der Waals surface area contributed by atoms with Crippen LogP contribution in [0.5, 0.6) is 17.4 Å². The maximum Gasteiger partial charge on any atom is 0.318 e. The van der Waals surface area contributed by atoms with Crippen LogP contribution in [0.2, 0.25) is 0 Å². The molecule has 2 heterocycles. The van der Waals surface area contributed by atoms with E-state index in [-0.39, 0.29) is 18.2 Å². The minimum absolute atomic E-state index is 0.0178. The lowest BCUT2D eigenvalue weighted by Crippen LogP contribution is -2.39. The lowest BCUT2D eigenvalue weighted by molar-refractivity contribution is 0.191. The van der Waals surface area contributed by atoms with Gasteiger partial charge in [-0.15, -0.1) is 0 Å².